The number of hydrogen-bond acceptors (Lipinski definition) is 2. The molecule has 0 fully saturated rings. The van der Waals surface area contributed by atoms with Crippen LogP contribution < -0.4 is 0 Å². The van der Waals surface area contributed by atoms with Gasteiger partial charge in [0.05, 0.1) is 31.3 Å². The van der Waals surface area contributed by atoms with Gasteiger partial charge < -0.3 is 0 Å². The van der Waals surface area contributed by atoms with Crippen LogP contribution >= 0.6 is 23.2 Å². The second-order valence-corrected chi connectivity index (χ2v) is 4.48. The molecule has 2 nitrogen and oxygen atoms in total. The van der Waals surface area contributed by atoms with Crippen LogP contribution in [0.2, 0.25) is 10.0 Å². The molecule has 1 aromatic rings. The van der Waals surface area contributed by atoms with Crippen molar-refractivity contribution in [2.24, 2.45) is 0 Å². The van der Waals surface area contributed by atoms with E-state index in [9.17, 15) is 9.00 Å². The topological polar surface area (TPSA) is 34.1 Å². The smallest absolute Gasteiger partial charge is 0.153 e. The van der Waals surface area contributed by atoms with Crippen molar-refractivity contribution in [1.29, 1.82) is 0 Å². The summed E-state index contributed by atoms with van der Waals surface area (Å²) in [5.74, 6) is 0. The molecule has 0 aliphatic rings. The van der Waals surface area contributed by atoms with Gasteiger partial charge in [-0.1, -0.05) is 23.2 Å². The lowest BCUT2D eigenvalue weighted by Crippen LogP contribution is -1.93. The van der Waals surface area contributed by atoms with Crippen molar-refractivity contribution in [2.45, 2.75) is 4.90 Å². The molecule has 0 aromatic heterocycles. The Bertz CT molecular complexity index is 377. The summed E-state index contributed by atoms with van der Waals surface area (Å²) >= 11 is 11.5. The molecule has 1 rings (SSSR count). The summed E-state index contributed by atoms with van der Waals surface area (Å²) in [4.78, 5) is 11.0. The van der Waals surface area contributed by atoms with Crippen LogP contribution in [0.4, 0.5) is 0 Å². The molecule has 0 aliphatic heterocycles. The van der Waals surface area contributed by atoms with Crippen LogP contribution in [0.3, 0.4) is 0 Å². The van der Waals surface area contributed by atoms with Gasteiger partial charge in [-0.05, 0) is 12.1 Å². The second-order valence-electron chi connectivity index (χ2n) is 2.35. The summed E-state index contributed by atoms with van der Waals surface area (Å²) in [6, 6.07) is 3.06. The number of rotatable bonds is 2. The van der Waals surface area contributed by atoms with Crippen LogP contribution in [0.15, 0.2) is 17.0 Å². The molecule has 0 amide bonds. The highest BCUT2D eigenvalue weighted by molar-refractivity contribution is 7.84. The van der Waals surface area contributed by atoms with Crippen LogP contribution in [0.25, 0.3) is 0 Å². The van der Waals surface area contributed by atoms with E-state index in [0.29, 0.717) is 11.2 Å². The molecule has 0 aliphatic carbocycles. The van der Waals surface area contributed by atoms with Crippen molar-refractivity contribution in [2.75, 3.05) is 6.26 Å². The molecule has 70 valence electrons. The Hall–Kier alpha value is -0.380. The largest absolute Gasteiger partial charge is 0.298 e. The van der Waals surface area contributed by atoms with Gasteiger partial charge >= 0.3 is 0 Å². The predicted octanol–water partition coefficient (Wildman–Crippen LogP) is 2.54. The van der Waals surface area contributed by atoms with Crippen molar-refractivity contribution in [3.63, 3.8) is 0 Å². The van der Waals surface area contributed by atoms with Gasteiger partial charge in [0.15, 0.2) is 6.29 Å². The minimum Gasteiger partial charge on any atom is -0.298 e. The molecule has 1 aromatic carbocycles. The number of halogens is 2. The summed E-state index contributed by atoms with van der Waals surface area (Å²) in [5, 5.41) is 0.442. The maximum Gasteiger partial charge on any atom is 0.153 e. The number of carbonyl (C=O) groups excluding carboxylic acids is 1. The van der Waals surface area contributed by atoms with Crippen molar-refractivity contribution in [3.05, 3.63) is 27.7 Å². The van der Waals surface area contributed by atoms with E-state index in [4.69, 9.17) is 23.2 Å². The van der Waals surface area contributed by atoms with Gasteiger partial charge in [-0.25, -0.2) is 0 Å². The van der Waals surface area contributed by atoms with Crippen molar-refractivity contribution >= 4 is 40.3 Å². The molecule has 0 radical (unpaired) electrons. The molecule has 0 bridgehead atoms. The fraction of sp³-hybridized carbons (Fsp3) is 0.125. The highest BCUT2D eigenvalue weighted by Gasteiger charge is 2.11. The lowest BCUT2D eigenvalue weighted by atomic mass is 10.2. The van der Waals surface area contributed by atoms with Crippen LogP contribution in [-0.4, -0.2) is 16.8 Å². The van der Waals surface area contributed by atoms with E-state index in [1.54, 1.807) is 6.07 Å². The van der Waals surface area contributed by atoms with Crippen LogP contribution in [0.1, 0.15) is 10.4 Å². The van der Waals surface area contributed by atoms with E-state index in [2.05, 4.69) is 0 Å². The maximum atomic E-state index is 11.1. The predicted molar refractivity (Wildman–Crippen MR) is 54.2 cm³/mol. The van der Waals surface area contributed by atoms with Gasteiger partial charge in [0, 0.05) is 6.26 Å². The van der Waals surface area contributed by atoms with Gasteiger partial charge in [0.2, 0.25) is 0 Å². The zero-order valence-electron chi connectivity index (χ0n) is 6.71. The van der Waals surface area contributed by atoms with E-state index in [-0.39, 0.29) is 15.6 Å². The highest BCUT2D eigenvalue weighted by atomic mass is 35.5. The average Bonchev–Trinajstić information content (AvgIpc) is 2.04. The number of aldehydes is 1. The first-order valence-electron chi connectivity index (χ1n) is 3.34. The third-order valence-corrected chi connectivity index (χ3v) is 3.33. The van der Waals surface area contributed by atoms with E-state index in [1.807, 2.05) is 0 Å². The summed E-state index contributed by atoms with van der Waals surface area (Å²) in [5.41, 5.74) is 0.191. The van der Waals surface area contributed by atoms with Gasteiger partial charge in [0.1, 0.15) is 0 Å². The third-order valence-electron chi connectivity index (χ3n) is 1.52. The normalized spacial score (nSPS) is 12.5. The molecule has 1 atom stereocenters. The van der Waals surface area contributed by atoms with Crippen molar-refractivity contribution in [3.8, 4) is 0 Å². The summed E-state index contributed by atoms with van der Waals surface area (Å²) in [6.07, 6.45) is 2.05. The molecule has 1 unspecified atom stereocenters. The molecule has 0 saturated heterocycles. The van der Waals surface area contributed by atoms with E-state index in [1.165, 1.54) is 12.3 Å². The SMILES string of the molecule is CS(=O)c1ccc(Cl)c(C=O)c1Cl. The third kappa shape index (κ3) is 2.10. The second kappa shape index (κ2) is 4.22. The molecule has 0 N–H and O–H groups in total. The standard InChI is InChI=1S/C8H6Cl2O2S/c1-13(12)7-3-2-6(9)5(4-11)8(7)10/h2-4H,1H3. The Kier molecular flexibility index (Phi) is 3.47. The van der Waals surface area contributed by atoms with Gasteiger partial charge in [-0.15, -0.1) is 0 Å². The molecular weight excluding hydrogens is 231 g/mol. The molecule has 0 spiro atoms. The molecule has 5 heteroatoms. The first-order chi connectivity index (χ1) is 6.07. The lowest BCUT2D eigenvalue weighted by molar-refractivity contribution is 0.112. The monoisotopic (exact) mass is 236 g/mol. The Labute approximate surface area is 88.3 Å². The average molecular weight is 237 g/mol. The minimum absolute atomic E-state index is 0.170. The number of carbonyl (C=O) groups is 1. The fourth-order valence-electron chi connectivity index (χ4n) is 0.879. The zero-order valence-corrected chi connectivity index (χ0v) is 9.04. The minimum atomic E-state index is -1.21. The quantitative estimate of drug-likeness (QED) is 0.740. The van der Waals surface area contributed by atoms with Gasteiger partial charge in [-0.3, -0.25) is 9.00 Å². The van der Waals surface area contributed by atoms with Gasteiger partial charge in [-0.2, -0.15) is 0 Å². The van der Waals surface area contributed by atoms with E-state index in [0.717, 1.165) is 0 Å². The fourth-order valence-corrected chi connectivity index (χ4v) is 2.29. The zero-order chi connectivity index (χ0) is 10.0. The van der Waals surface area contributed by atoms with Crippen LogP contribution in [0, 0.1) is 0 Å². The molecule has 0 heterocycles. The van der Waals surface area contributed by atoms with E-state index >= 15 is 0 Å². The van der Waals surface area contributed by atoms with Crippen LogP contribution in [0.5, 0.6) is 0 Å². The maximum absolute atomic E-state index is 11.1. The van der Waals surface area contributed by atoms with Gasteiger partial charge in [0.25, 0.3) is 0 Å². The Morgan fingerprint density at radius 1 is 1.38 bits per heavy atom. The highest BCUT2D eigenvalue weighted by Crippen LogP contribution is 2.28. The summed E-state index contributed by atoms with van der Waals surface area (Å²) in [6.45, 7) is 0. The van der Waals surface area contributed by atoms with Crippen LogP contribution in [-0.2, 0) is 10.8 Å². The first-order valence-corrected chi connectivity index (χ1v) is 5.66. The Morgan fingerprint density at radius 2 is 2.00 bits per heavy atom. The molecule has 13 heavy (non-hydrogen) atoms. The lowest BCUT2D eigenvalue weighted by Gasteiger charge is -2.03. The van der Waals surface area contributed by atoms with Crippen molar-refractivity contribution < 1.29 is 9.00 Å². The summed E-state index contributed by atoms with van der Waals surface area (Å²) in [7, 11) is -1.21. The van der Waals surface area contributed by atoms with E-state index < -0.39 is 10.8 Å². The number of benzene rings is 1. The number of hydrogen-bond donors (Lipinski definition) is 0. The molecule has 0 saturated carbocycles. The Balaban J connectivity index is 3.44. The van der Waals surface area contributed by atoms with Crippen molar-refractivity contribution in [1.82, 2.24) is 0 Å². The first kappa shape index (κ1) is 10.7. The Morgan fingerprint density at radius 3 is 2.46 bits per heavy atom. The summed E-state index contributed by atoms with van der Waals surface area (Å²) < 4.78 is 11.1. The molecular formula is C8H6Cl2O2S.